The second-order valence-electron chi connectivity index (χ2n) is 12.4. The van der Waals surface area contributed by atoms with Crippen molar-refractivity contribution in [2.45, 2.75) is 50.9 Å². The van der Waals surface area contributed by atoms with Crippen molar-refractivity contribution in [3.05, 3.63) is 151 Å². The minimum atomic E-state index is -1.87. The highest BCUT2D eigenvalue weighted by Gasteiger charge is 2.34. The highest BCUT2D eigenvalue weighted by atomic mass is 35.6. The molecule has 2 heterocycles. The largest absolute Gasteiger partial charge is 0.287 e. The first-order chi connectivity index (χ1) is 25.0. The number of alkyl halides is 6. The minimum absolute atomic E-state index is 0.120. The van der Waals surface area contributed by atoms with Gasteiger partial charge in [-0.2, -0.15) is 22.7 Å². The van der Waals surface area contributed by atoms with Crippen LogP contribution in [-0.4, -0.2) is 33.0 Å². The smallest absolute Gasteiger partial charge is 0.250 e. The molecule has 5 aromatic rings. The van der Waals surface area contributed by atoms with Crippen LogP contribution in [0.1, 0.15) is 44.2 Å². The van der Waals surface area contributed by atoms with E-state index in [0.717, 1.165) is 6.54 Å². The number of para-hydroxylation sites is 1. The Hall–Kier alpha value is -2.52. The fourth-order valence-corrected chi connectivity index (χ4v) is 8.57. The second-order valence-corrected chi connectivity index (χ2v) is 18.2. The van der Waals surface area contributed by atoms with Crippen LogP contribution in [0.15, 0.2) is 138 Å². The number of hydrogen-bond donors (Lipinski definition) is 1. The third kappa shape index (κ3) is 10.2. The SMILES string of the molecule is CCCC[B-](c1ccccc1)(c1ccccc1)c1ccccc1.CC[NH+]1c2ccccc2SC1C=CC=Cc1nc(C(Cl)(Cl)Cl)nc(C(Cl)(Cl)Cl)n1. The molecule has 6 rings (SSSR count). The molecule has 0 spiro atoms. The third-order valence-corrected chi connectivity index (χ3v) is 11.4. The van der Waals surface area contributed by atoms with Crippen molar-refractivity contribution in [2.75, 3.05) is 6.54 Å². The van der Waals surface area contributed by atoms with Crippen LogP contribution in [0.3, 0.4) is 0 Å². The van der Waals surface area contributed by atoms with Crippen LogP contribution >= 0.6 is 81.4 Å². The van der Waals surface area contributed by atoms with E-state index in [-0.39, 0.29) is 22.8 Å². The first kappa shape index (κ1) is 40.7. The molecule has 12 heteroatoms. The zero-order chi connectivity index (χ0) is 37.2. The summed E-state index contributed by atoms with van der Waals surface area (Å²) in [6.45, 7) is 5.42. The Kier molecular flexibility index (Phi) is 14.6. The lowest BCUT2D eigenvalue weighted by atomic mass is 9.14. The fourth-order valence-electron chi connectivity index (χ4n) is 6.70. The van der Waals surface area contributed by atoms with Crippen LogP contribution in [0.5, 0.6) is 0 Å². The van der Waals surface area contributed by atoms with Gasteiger partial charge in [0, 0.05) is 6.07 Å². The summed E-state index contributed by atoms with van der Waals surface area (Å²) in [6.07, 6.45) is 10.2. The number of aromatic nitrogens is 3. The summed E-state index contributed by atoms with van der Waals surface area (Å²) in [7, 11) is 0. The number of unbranched alkanes of at least 4 members (excludes halogenated alkanes) is 1. The van der Waals surface area contributed by atoms with Crippen LogP contribution in [0, 0.1) is 0 Å². The van der Waals surface area contributed by atoms with E-state index < -0.39 is 13.7 Å². The lowest BCUT2D eigenvalue weighted by Crippen LogP contribution is -3.08. The van der Waals surface area contributed by atoms with E-state index in [2.05, 4.69) is 150 Å². The van der Waals surface area contributed by atoms with Crippen molar-refractivity contribution in [1.29, 1.82) is 0 Å². The van der Waals surface area contributed by atoms with E-state index >= 15 is 0 Å². The normalized spacial score (nSPS) is 16.2. The number of rotatable bonds is 10. The van der Waals surface area contributed by atoms with Gasteiger partial charge in [0.1, 0.15) is 5.69 Å². The highest BCUT2D eigenvalue weighted by Crippen LogP contribution is 2.40. The molecule has 2 unspecified atom stereocenters. The Morgan fingerprint density at radius 3 is 1.60 bits per heavy atom. The van der Waals surface area contributed by atoms with Gasteiger partial charge in [0.25, 0.3) is 0 Å². The van der Waals surface area contributed by atoms with Gasteiger partial charge in [0.05, 0.1) is 17.6 Å². The van der Waals surface area contributed by atoms with Gasteiger partial charge in [0.2, 0.25) is 7.59 Å². The van der Waals surface area contributed by atoms with Crippen molar-refractivity contribution in [1.82, 2.24) is 15.0 Å². The molecule has 0 amide bonds. The molecule has 270 valence electrons. The Morgan fingerprint density at radius 2 is 1.13 bits per heavy atom. The number of hydrogen-bond acceptors (Lipinski definition) is 4. The molecule has 0 saturated carbocycles. The fraction of sp³-hybridized carbons (Fsp3) is 0.225. The average molecular weight is 831 g/mol. The molecule has 0 saturated heterocycles. The maximum Gasteiger partial charge on any atom is 0.250 e. The van der Waals surface area contributed by atoms with Gasteiger partial charge in [0.15, 0.2) is 22.8 Å². The van der Waals surface area contributed by atoms with E-state index in [1.165, 1.54) is 51.0 Å². The summed E-state index contributed by atoms with van der Waals surface area (Å²) in [4.78, 5) is 14.9. The zero-order valence-corrected chi connectivity index (χ0v) is 34.1. The molecular weight excluding hydrogens is 792 g/mol. The first-order valence-corrected chi connectivity index (χ1v) is 20.3. The summed E-state index contributed by atoms with van der Waals surface area (Å²) < 4.78 is -3.74. The van der Waals surface area contributed by atoms with Gasteiger partial charge in [-0.1, -0.05) is 216 Å². The molecule has 0 bridgehead atoms. The number of halogens is 6. The monoisotopic (exact) mass is 828 g/mol. The zero-order valence-electron chi connectivity index (χ0n) is 28.8. The maximum atomic E-state index is 5.88. The molecule has 1 aliphatic heterocycles. The van der Waals surface area contributed by atoms with Crippen LogP contribution in [0.25, 0.3) is 6.08 Å². The van der Waals surface area contributed by atoms with E-state index in [1.54, 1.807) is 12.2 Å². The number of quaternary nitrogens is 1. The summed E-state index contributed by atoms with van der Waals surface area (Å²) in [5.41, 5.74) is 5.64. The number of fused-ring (bicyclic) bond motifs is 1. The molecule has 52 heavy (non-hydrogen) atoms. The van der Waals surface area contributed by atoms with E-state index in [9.17, 15) is 0 Å². The number of nitrogens with zero attached hydrogens (tertiary/aromatic N) is 3. The summed E-state index contributed by atoms with van der Waals surface area (Å²) in [5, 5.41) is 0.272. The number of thioether (sulfide) groups is 1. The topological polar surface area (TPSA) is 43.1 Å². The van der Waals surface area contributed by atoms with Crippen LogP contribution < -0.4 is 21.3 Å². The van der Waals surface area contributed by atoms with Crippen LogP contribution in [0.4, 0.5) is 5.69 Å². The Bertz CT molecular complexity index is 1810. The lowest BCUT2D eigenvalue weighted by Gasteiger charge is -2.43. The molecule has 4 aromatic carbocycles. The summed E-state index contributed by atoms with van der Waals surface area (Å²) in [6, 6.07) is 41.6. The second kappa shape index (κ2) is 18.7. The highest BCUT2D eigenvalue weighted by molar-refractivity contribution is 8.00. The van der Waals surface area contributed by atoms with Gasteiger partial charge in [-0.05, 0) is 25.1 Å². The predicted octanol–water partition coefficient (Wildman–Crippen LogP) is 9.72. The van der Waals surface area contributed by atoms with Gasteiger partial charge < -0.3 is 0 Å². The Morgan fingerprint density at radius 1 is 0.654 bits per heavy atom. The number of likely N-dealkylation sites (N-methyl/N-ethyl adjacent to an activating group) is 1. The molecule has 0 aliphatic carbocycles. The standard InChI is InChI=1S/C22H24B.C18H14Cl6N4S/c1-2-3-19-23(20-13-7-4-8-14-20,21-15-9-5-10-16-21)22-17-11-6-12-18-22;1-2-28-11-7-3-4-8-12(11)29-14(28)10-6-5-9-13-25-15(17(19,20)21)27-16(26-13)18(22,23)24/h4-18H,2-3,19H2,1H3;3-10,14H,2H2,1H3/q-1;/p+1. The molecule has 1 aliphatic rings. The van der Waals surface area contributed by atoms with Gasteiger partial charge in [-0.15, -0.1) is 0 Å². The van der Waals surface area contributed by atoms with E-state index in [4.69, 9.17) is 69.6 Å². The summed E-state index contributed by atoms with van der Waals surface area (Å²) in [5.74, 6) is -0.0222. The van der Waals surface area contributed by atoms with Crippen molar-refractivity contribution in [3.63, 3.8) is 0 Å². The maximum absolute atomic E-state index is 5.88. The van der Waals surface area contributed by atoms with Gasteiger partial charge in [-0.3, -0.25) is 4.90 Å². The van der Waals surface area contributed by atoms with E-state index in [0.29, 0.717) is 0 Å². The van der Waals surface area contributed by atoms with Crippen molar-refractivity contribution in [2.24, 2.45) is 0 Å². The predicted molar refractivity (Wildman–Crippen MR) is 227 cm³/mol. The van der Waals surface area contributed by atoms with Crippen molar-refractivity contribution in [3.8, 4) is 0 Å². The van der Waals surface area contributed by atoms with Crippen molar-refractivity contribution < 1.29 is 4.90 Å². The lowest BCUT2D eigenvalue weighted by molar-refractivity contribution is -0.833. The number of allylic oxidation sites excluding steroid dienone is 2. The van der Waals surface area contributed by atoms with Crippen molar-refractivity contribution >= 4 is 116 Å². The number of benzene rings is 4. The average Bonchev–Trinajstić information content (AvgIpc) is 3.52. The van der Waals surface area contributed by atoms with Crippen LogP contribution in [0.2, 0.25) is 6.32 Å². The Labute approximate surface area is 341 Å². The minimum Gasteiger partial charge on any atom is -0.287 e. The Balaban J connectivity index is 0.000000206. The molecule has 1 aromatic heterocycles. The molecule has 0 fully saturated rings. The molecule has 4 nitrogen and oxygen atoms in total. The summed E-state index contributed by atoms with van der Waals surface area (Å²) >= 11 is 37.1. The molecule has 1 N–H and O–H groups in total. The number of nitrogens with one attached hydrogen (secondary N) is 1. The third-order valence-electron chi connectivity index (χ3n) is 9.11. The van der Waals surface area contributed by atoms with Gasteiger partial charge >= 0.3 is 0 Å². The molecular formula is C40H39BCl6N4S. The van der Waals surface area contributed by atoms with E-state index in [1.807, 2.05) is 17.8 Å². The molecule has 2 atom stereocenters. The first-order valence-electron chi connectivity index (χ1n) is 17.2. The quantitative estimate of drug-likeness (QED) is 0.0866. The van der Waals surface area contributed by atoms with Gasteiger partial charge in [-0.25, -0.2) is 15.0 Å². The van der Waals surface area contributed by atoms with Crippen LogP contribution in [-0.2, 0) is 7.59 Å². The molecule has 0 radical (unpaired) electrons.